The maximum absolute atomic E-state index is 12.7. The Hall–Kier alpha value is -3.18. The average molecular weight is 431 g/mol. The molecule has 2 heterocycles. The third-order valence-corrected chi connectivity index (χ3v) is 5.55. The molecule has 136 valence electrons. The number of hydrogen-bond acceptors (Lipinski definition) is 3. The molecule has 0 saturated carbocycles. The fourth-order valence-electron chi connectivity index (χ4n) is 3.74. The lowest BCUT2D eigenvalue weighted by molar-refractivity contribution is 0.474. The number of nitrogens with zero attached hydrogens (tertiary/aromatic N) is 2. The highest BCUT2D eigenvalue weighted by atomic mass is 79.9. The third-order valence-electron chi connectivity index (χ3n) is 5.05. The van der Waals surface area contributed by atoms with Gasteiger partial charge in [-0.3, -0.25) is 4.79 Å². The second-order valence-corrected chi connectivity index (χ2v) is 7.68. The number of hydrogen-bond donors (Lipinski definition) is 1. The Kier molecular flexibility index (Phi) is 3.91. The summed E-state index contributed by atoms with van der Waals surface area (Å²) in [6.45, 7) is 0.640. The van der Waals surface area contributed by atoms with Crippen molar-refractivity contribution >= 4 is 38.5 Å². The SMILES string of the molecule is O=c1nc2n(c3ccccc13)Cc1ccccc1/C2=C\c1cc(Br)ccc1O. The van der Waals surface area contributed by atoms with Crippen LogP contribution in [-0.2, 0) is 6.54 Å². The molecule has 1 aromatic heterocycles. The number of phenols is 1. The summed E-state index contributed by atoms with van der Waals surface area (Å²) in [6, 6.07) is 20.9. The molecule has 1 N–H and O–H groups in total. The highest BCUT2D eigenvalue weighted by Gasteiger charge is 2.23. The minimum Gasteiger partial charge on any atom is -0.507 e. The van der Waals surface area contributed by atoms with E-state index in [0.29, 0.717) is 23.3 Å². The fourth-order valence-corrected chi connectivity index (χ4v) is 4.12. The summed E-state index contributed by atoms with van der Waals surface area (Å²) in [7, 11) is 0. The molecule has 3 aromatic carbocycles. The van der Waals surface area contributed by atoms with Crippen LogP contribution in [0.15, 0.2) is 76.0 Å². The van der Waals surface area contributed by atoms with Crippen LogP contribution < -0.4 is 5.56 Å². The van der Waals surface area contributed by atoms with Gasteiger partial charge in [0.25, 0.3) is 5.56 Å². The van der Waals surface area contributed by atoms with Crippen molar-refractivity contribution in [2.45, 2.75) is 6.54 Å². The molecular weight excluding hydrogens is 416 g/mol. The molecule has 0 spiro atoms. The van der Waals surface area contributed by atoms with Crippen molar-refractivity contribution in [3.05, 3.63) is 104 Å². The maximum atomic E-state index is 12.7. The van der Waals surface area contributed by atoms with E-state index in [1.54, 1.807) is 12.1 Å². The lowest BCUT2D eigenvalue weighted by Gasteiger charge is -2.25. The van der Waals surface area contributed by atoms with Crippen LogP contribution in [0.4, 0.5) is 0 Å². The Bertz CT molecular complexity index is 1340. The van der Waals surface area contributed by atoms with E-state index in [1.165, 1.54) is 0 Å². The number of para-hydroxylation sites is 1. The van der Waals surface area contributed by atoms with Crippen molar-refractivity contribution in [2.24, 2.45) is 0 Å². The Morgan fingerprint density at radius 3 is 2.71 bits per heavy atom. The van der Waals surface area contributed by atoms with Gasteiger partial charge in [-0.1, -0.05) is 52.3 Å². The predicted octanol–water partition coefficient (Wildman–Crippen LogP) is 4.82. The summed E-state index contributed by atoms with van der Waals surface area (Å²) >= 11 is 3.46. The molecule has 0 atom stereocenters. The highest BCUT2D eigenvalue weighted by molar-refractivity contribution is 9.10. The van der Waals surface area contributed by atoms with Crippen LogP contribution >= 0.6 is 15.9 Å². The van der Waals surface area contributed by atoms with E-state index in [2.05, 4.69) is 31.5 Å². The molecule has 1 aliphatic heterocycles. The molecule has 28 heavy (non-hydrogen) atoms. The zero-order chi connectivity index (χ0) is 19.3. The van der Waals surface area contributed by atoms with E-state index in [-0.39, 0.29) is 11.3 Å². The standard InChI is InChI=1S/C23H15BrN2O2/c24-16-9-10-21(27)15(11-16)12-19-17-6-2-1-5-14(17)13-26-20-8-4-3-7-18(20)23(28)25-22(19)26/h1-12,27H,13H2/b19-12+. The van der Waals surface area contributed by atoms with Gasteiger partial charge in [-0.25, -0.2) is 0 Å². The normalized spacial score (nSPS) is 14.1. The molecule has 5 heteroatoms. The van der Waals surface area contributed by atoms with Crippen molar-refractivity contribution in [3.8, 4) is 5.75 Å². The number of phenolic OH excluding ortho intramolecular Hbond substituents is 1. The quantitative estimate of drug-likeness (QED) is 0.414. The molecule has 4 nitrogen and oxygen atoms in total. The minimum absolute atomic E-state index is 0.174. The van der Waals surface area contributed by atoms with Crippen molar-refractivity contribution in [1.82, 2.24) is 9.55 Å². The molecule has 0 bridgehead atoms. The number of fused-ring (bicyclic) bond motifs is 4. The number of benzene rings is 3. The Labute approximate surface area is 169 Å². The number of aromatic hydroxyl groups is 1. The van der Waals surface area contributed by atoms with Crippen molar-refractivity contribution in [1.29, 1.82) is 0 Å². The molecule has 0 fully saturated rings. The van der Waals surface area contributed by atoms with Gasteiger partial charge in [-0.2, -0.15) is 4.98 Å². The fraction of sp³-hybridized carbons (Fsp3) is 0.0435. The largest absolute Gasteiger partial charge is 0.507 e. The highest BCUT2D eigenvalue weighted by Crippen LogP contribution is 2.35. The zero-order valence-corrected chi connectivity index (χ0v) is 16.3. The third kappa shape index (κ3) is 2.67. The Morgan fingerprint density at radius 2 is 1.82 bits per heavy atom. The molecule has 0 unspecified atom stereocenters. The first kappa shape index (κ1) is 17.0. The molecule has 0 amide bonds. The van der Waals surface area contributed by atoms with Gasteiger partial charge >= 0.3 is 0 Å². The van der Waals surface area contributed by atoms with Gasteiger partial charge in [0.15, 0.2) is 0 Å². The predicted molar refractivity (Wildman–Crippen MR) is 114 cm³/mol. The summed E-state index contributed by atoms with van der Waals surface area (Å²) in [5, 5.41) is 10.9. The summed E-state index contributed by atoms with van der Waals surface area (Å²) in [5.74, 6) is 0.787. The lowest BCUT2D eigenvalue weighted by Crippen LogP contribution is -2.23. The summed E-state index contributed by atoms with van der Waals surface area (Å²) in [6.07, 6.45) is 1.89. The van der Waals surface area contributed by atoms with Crippen molar-refractivity contribution in [2.75, 3.05) is 0 Å². The second-order valence-electron chi connectivity index (χ2n) is 6.76. The molecule has 0 aliphatic carbocycles. The monoisotopic (exact) mass is 430 g/mol. The van der Waals surface area contributed by atoms with E-state index in [0.717, 1.165) is 26.7 Å². The Balaban J connectivity index is 1.87. The van der Waals surface area contributed by atoms with Gasteiger partial charge in [-0.05, 0) is 47.5 Å². The van der Waals surface area contributed by atoms with Gasteiger partial charge in [0.2, 0.25) is 0 Å². The van der Waals surface area contributed by atoms with E-state index in [4.69, 9.17) is 0 Å². The average Bonchev–Trinajstić information content (AvgIpc) is 2.71. The minimum atomic E-state index is -0.245. The molecular formula is C23H15BrN2O2. The van der Waals surface area contributed by atoms with Crippen molar-refractivity contribution in [3.63, 3.8) is 0 Å². The zero-order valence-electron chi connectivity index (χ0n) is 14.8. The maximum Gasteiger partial charge on any atom is 0.281 e. The van der Waals surface area contributed by atoms with Gasteiger partial charge in [-0.15, -0.1) is 0 Å². The molecule has 5 rings (SSSR count). The van der Waals surface area contributed by atoms with Crippen LogP contribution in [0.1, 0.15) is 22.5 Å². The van der Waals surface area contributed by atoms with Gasteiger partial charge in [0.1, 0.15) is 11.6 Å². The molecule has 0 saturated heterocycles. The van der Waals surface area contributed by atoms with Crippen LogP contribution in [0.5, 0.6) is 5.75 Å². The van der Waals surface area contributed by atoms with Gasteiger partial charge < -0.3 is 9.67 Å². The second kappa shape index (κ2) is 6.46. The molecule has 4 aromatic rings. The Morgan fingerprint density at radius 1 is 1.04 bits per heavy atom. The first-order valence-electron chi connectivity index (χ1n) is 8.90. The molecule has 1 aliphatic rings. The molecule has 0 radical (unpaired) electrons. The van der Waals surface area contributed by atoms with Gasteiger partial charge in [0.05, 0.1) is 17.4 Å². The van der Waals surface area contributed by atoms with E-state index in [9.17, 15) is 9.90 Å². The van der Waals surface area contributed by atoms with Gasteiger partial charge in [0, 0.05) is 15.6 Å². The van der Waals surface area contributed by atoms with Crippen molar-refractivity contribution < 1.29 is 5.11 Å². The van der Waals surface area contributed by atoms with E-state index in [1.807, 2.05) is 54.6 Å². The summed E-state index contributed by atoms with van der Waals surface area (Å²) < 4.78 is 2.94. The smallest absolute Gasteiger partial charge is 0.281 e. The summed E-state index contributed by atoms with van der Waals surface area (Å²) in [4.78, 5) is 17.1. The number of aromatic nitrogens is 2. The van der Waals surface area contributed by atoms with Crippen LogP contribution in [0, 0.1) is 0 Å². The van der Waals surface area contributed by atoms with Crippen LogP contribution in [0.2, 0.25) is 0 Å². The number of rotatable bonds is 1. The summed E-state index contributed by atoms with van der Waals surface area (Å²) in [5.41, 5.74) is 4.26. The first-order chi connectivity index (χ1) is 13.6. The van der Waals surface area contributed by atoms with E-state index < -0.39 is 0 Å². The lowest BCUT2D eigenvalue weighted by atomic mass is 9.93. The van der Waals surface area contributed by atoms with Crippen LogP contribution in [-0.4, -0.2) is 14.7 Å². The van der Waals surface area contributed by atoms with E-state index >= 15 is 0 Å². The first-order valence-corrected chi connectivity index (χ1v) is 9.69. The van der Waals surface area contributed by atoms with Crippen LogP contribution in [0.3, 0.4) is 0 Å². The topological polar surface area (TPSA) is 55.1 Å². The number of halogens is 1. The van der Waals surface area contributed by atoms with Crippen LogP contribution in [0.25, 0.3) is 22.6 Å².